The van der Waals surface area contributed by atoms with Crippen LogP contribution in [0.3, 0.4) is 0 Å². The summed E-state index contributed by atoms with van der Waals surface area (Å²) in [5.41, 5.74) is 17.1. The molecule has 72 heavy (non-hydrogen) atoms. The van der Waals surface area contributed by atoms with E-state index >= 15 is 0 Å². The van der Waals surface area contributed by atoms with Crippen LogP contribution in [0.2, 0.25) is 0 Å². The summed E-state index contributed by atoms with van der Waals surface area (Å²) in [7, 11) is 0. The number of hydrogen-bond donors (Lipinski definition) is 0. The van der Waals surface area contributed by atoms with Gasteiger partial charge in [0.15, 0.2) is 0 Å². The van der Waals surface area contributed by atoms with Crippen LogP contribution in [0.25, 0.3) is 143 Å². The van der Waals surface area contributed by atoms with Crippen molar-refractivity contribution < 1.29 is 0 Å². The van der Waals surface area contributed by atoms with E-state index in [1.54, 1.807) is 0 Å². The number of aromatic nitrogens is 1. The van der Waals surface area contributed by atoms with Crippen molar-refractivity contribution in [2.24, 2.45) is 0 Å². The van der Waals surface area contributed by atoms with Gasteiger partial charge in [0.05, 0.1) is 0 Å². The number of pyridine rings is 1. The largest absolute Gasteiger partial charge is 0.264 e. The van der Waals surface area contributed by atoms with Crippen molar-refractivity contribution in [3.05, 3.63) is 273 Å². The van der Waals surface area contributed by atoms with Gasteiger partial charge in [-0.1, -0.05) is 243 Å². The molecule has 0 fully saturated rings. The predicted molar refractivity (Wildman–Crippen MR) is 307 cm³/mol. The summed E-state index contributed by atoms with van der Waals surface area (Å²) in [6.45, 7) is 0. The van der Waals surface area contributed by atoms with Gasteiger partial charge in [0, 0.05) is 12.4 Å². The van der Waals surface area contributed by atoms with Crippen molar-refractivity contribution in [1.29, 1.82) is 0 Å². The first-order valence-electron chi connectivity index (χ1n) is 24.8. The van der Waals surface area contributed by atoms with Gasteiger partial charge in [0.25, 0.3) is 0 Å². The van der Waals surface area contributed by atoms with Gasteiger partial charge >= 0.3 is 0 Å². The molecule has 0 aliphatic rings. The molecular formula is C71H45N. The highest BCUT2D eigenvalue weighted by Crippen LogP contribution is 2.47. The maximum absolute atomic E-state index is 4.35. The number of hydrogen-bond acceptors (Lipinski definition) is 1. The molecule has 0 saturated heterocycles. The molecule has 0 unspecified atom stereocenters. The Morgan fingerprint density at radius 3 is 0.958 bits per heavy atom. The van der Waals surface area contributed by atoms with Crippen LogP contribution in [0.1, 0.15) is 0 Å². The third-order valence-corrected chi connectivity index (χ3v) is 14.9. The Kier molecular flexibility index (Phi) is 9.93. The van der Waals surface area contributed by atoms with E-state index in [1.807, 2.05) is 18.5 Å². The van der Waals surface area contributed by atoms with E-state index < -0.39 is 0 Å². The monoisotopic (exact) mass is 911 g/mol. The Balaban J connectivity index is 0.823. The van der Waals surface area contributed by atoms with E-state index in [-0.39, 0.29) is 0 Å². The van der Waals surface area contributed by atoms with Crippen molar-refractivity contribution in [3.63, 3.8) is 0 Å². The van der Waals surface area contributed by atoms with Crippen LogP contribution in [0.5, 0.6) is 0 Å². The molecule has 14 rings (SSSR count). The second-order valence-electron chi connectivity index (χ2n) is 18.9. The van der Waals surface area contributed by atoms with Crippen LogP contribution in [0.15, 0.2) is 273 Å². The molecule has 1 aromatic heterocycles. The quantitative estimate of drug-likeness (QED) is 0.145. The van der Waals surface area contributed by atoms with Crippen LogP contribution < -0.4 is 0 Å². The normalized spacial score (nSPS) is 11.6. The fourth-order valence-electron chi connectivity index (χ4n) is 11.7. The number of benzene rings is 13. The topological polar surface area (TPSA) is 12.9 Å². The lowest BCUT2D eigenvalue weighted by atomic mass is 9.85. The average Bonchev–Trinajstić information content (AvgIpc) is 3.46. The summed E-state index contributed by atoms with van der Waals surface area (Å²) in [6.07, 6.45) is 3.75. The van der Waals surface area contributed by atoms with Crippen molar-refractivity contribution in [1.82, 2.24) is 4.98 Å². The third-order valence-electron chi connectivity index (χ3n) is 14.9. The fraction of sp³-hybridized carbons (Fsp3) is 0. The van der Waals surface area contributed by atoms with Gasteiger partial charge < -0.3 is 0 Å². The van der Waals surface area contributed by atoms with Gasteiger partial charge in [-0.25, -0.2) is 0 Å². The van der Waals surface area contributed by atoms with Crippen molar-refractivity contribution in [3.8, 4) is 77.9 Å². The van der Waals surface area contributed by atoms with Gasteiger partial charge in [-0.2, -0.15) is 0 Å². The summed E-state index contributed by atoms with van der Waals surface area (Å²) in [4.78, 5) is 4.35. The van der Waals surface area contributed by atoms with E-state index in [0.717, 1.165) is 11.1 Å². The maximum Gasteiger partial charge on any atom is 0.0346 e. The van der Waals surface area contributed by atoms with E-state index in [4.69, 9.17) is 0 Å². The molecule has 1 heterocycles. The lowest BCUT2D eigenvalue weighted by molar-refractivity contribution is 1.33. The standard InChI is InChI=1S/C71H45N/c1-2-15-48(16-3-1)68-60-20-6-8-22-62(60)70(63-23-9-7-21-61(63)68)50-34-30-47(31-35-50)56-40-41-57(59-19-5-4-18-58(56)59)53-38-36-52-44-54(39-37-51(52)43-53)71-66-26-12-10-24-64(66)69(65-25-11-13-27-67(65)71)49-32-28-46(29-33-49)55-17-14-42-72-45-55/h1-45H. The van der Waals surface area contributed by atoms with Crippen molar-refractivity contribution in [2.45, 2.75) is 0 Å². The Morgan fingerprint density at radius 1 is 0.194 bits per heavy atom. The Morgan fingerprint density at radius 2 is 0.514 bits per heavy atom. The Bertz CT molecular complexity index is 4290. The van der Waals surface area contributed by atoms with Crippen molar-refractivity contribution in [2.75, 3.05) is 0 Å². The molecule has 1 nitrogen and oxygen atoms in total. The summed E-state index contributed by atoms with van der Waals surface area (Å²) in [6, 6.07) is 96.1. The highest BCUT2D eigenvalue weighted by atomic mass is 14.6. The molecule has 0 aliphatic carbocycles. The Hall–Kier alpha value is -9.43. The maximum atomic E-state index is 4.35. The minimum atomic E-state index is 1.12. The SMILES string of the molecule is c1ccc(-c2c3ccccc3c(-c3ccc(-c4ccc(-c5ccc6cc(-c7c8ccccc8c(-c8ccc(-c9cccnc9)cc8)c8ccccc78)ccc6c5)c5ccccc45)cc3)c3ccccc23)cc1. The van der Waals surface area contributed by atoms with Crippen molar-refractivity contribution >= 4 is 64.6 Å². The molecule has 0 atom stereocenters. The fourth-order valence-corrected chi connectivity index (χ4v) is 11.7. The lowest BCUT2D eigenvalue weighted by Crippen LogP contribution is -1.91. The molecule has 0 spiro atoms. The summed E-state index contributed by atoms with van der Waals surface area (Å²) in [5, 5.41) is 15.0. The molecule has 0 saturated carbocycles. The number of fused-ring (bicyclic) bond motifs is 6. The predicted octanol–water partition coefficient (Wildman–Crippen LogP) is 19.7. The highest BCUT2D eigenvalue weighted by molar-refractivity contribution is 6.23. The van der Waals surface area contributed by atoms with E-state index in [9.17, 15) is 0 Å². The second kappa shape index (κ2) is 17.2. The summed E-state index contributed by atoms with van der Waals surface area (Å²) < 4.78 is 0. The zero-order chi connectivity index (χ0) is 47.5. The second-order valence-corrected chi connectivity index (χ2v) is 18.9. The highest BCUT2D eigenvalue weighted by Gasteiger charge is 2.19. The van der Waals surface area contributed by atoms with Crippen LogP contribution in [-0.4, -0.2) is 4.98 Å². The van der Waals surface area contributed by atoms with Crippen LogP contribution in [-0.2, 0) is 0 Å². The summed E-state index contributed by atoms with van der Waals surface area (Å²) in [5.74, 6) is 0. The number of rotatable bonds is 7. The smallest absolute Gasteiger partial charge is 0.0346 e. The molecule has 0 radical (unpaired) electrons. The van der Waals surface area contributed by atoms with Gasteiger partial charge in [-0.15, -0.1) is 0 Å². The van der Waals surface area contributed by atoms with Gasteiger partial charge in [0.2, 0.25) is 0 Å². The average molecular weight is 912 g/mol. The molecule has 0 aliphatic heterocycles. The van der Waals surface area contributed by atoms with Gasteiger partial charge in [-0.05, 0) is 161 Å². The van der Waals surface area contributed by atoms with Gasteiger partial charge in [-0.3, -0.25) is 4.98 Å². The van der Waals surface area contributed by atoms with Crippen LogP contribution >= 0.6 is 0 Å². The van der Waals surface area contributed by atoms with E-state index in [0.29, 0.717) is 0 Å². The molecular weight excluding hydrogens is 867 g/mol. The van der Waals surface area contributed by atoms with E-state index in [2.05, 4.69) is 260 Å². The van der Waals surface area contributed by atoms with E-state index in [1.165, 1.54) is 131 Å². The van der Waals surface area contributed by atoms with Crippen LogP contribution in [0.4, 0.5) is 0 Å². The first-order valence-corrected chi connectivity index (χ1v) is 24.8. The Labute approximate surface area is 418 Å². The third kappa shape index (κ3) is 6.89. The molecule has 0 amide bonds. The minimum Gasteiger partial charge on any atom is -0.264 e. The lowest BCUT2D eigenvalue weighted by Gasteiger charge is -2.18. The van der Waals surface area contributed by atoms with Gasteiger partial charge in [0.1, 0.15) is 0 Å². The van der Waals surface area contributed by atoms with Crippen LogP contribution in [0, 0.1) is 0 Å². The molecule has 14 aromatic rings. The summed E-state index contributed by atoms with van der Waals surface area (Å²) >= 11 is 0. The molecule has 0 bridgehead atoms. The minimum absolute atomic E-state index is 1.12. The molecule has 1 heteroatoms. The molecule has 13 aromatic carbocycles. The first kappa shape index (κ1) is 41.5. The first-order chi connectivity index (χ1) is 35.7. The zero-order valence-corrected chi connectivity index (χ0v) is 39.4. The number of nitrogens with zero attached hydrogens (tertiary/aromatic N) is 1. The molecule has 0 N–H and O–H groups in total. The molecule has 334 valence electrons. The zero-order valence-electron chi connectivity index (χ0n) is 39.4.